The third-order valence-corrected chi connectivity index (χ3v) is 3.76. The summed E-state index contributed by atoms with van der Waals surface area (Å²) in [6, 6.07) is 12.5. The van der Waals surface area contributed by atoms with Crippen LogP contribution >= 0.6 is 0 Å². The van der Waals surface area contributed by atoms with Crippen molar-refractivity contribution in [2.24, 2.45) is 0 Å². The Kier molecular flexibility index (Phi) is 5.21. The highest BCUT2D eigenvalue weighted by molar-refractivity contribution is 6.04. The van der Waals surface area contributed by atoms with Crippen LogP contribution in [0.5, 0.6) is 17.2 Å². The molecule has 3 rings (SSSR count). The first kappa shape index (κ1) is 16.2. The van der Waals surface area contributed by atoms with E-state index in [1.165, 1.54) is 6.42 Å². The van der Waals surface area contributed by atoms with Gasteiger partial charge in [-0.3, -0.25) is 4.79 Å². The van der Waals surface area contributed by atoms with E-state index < -0.39 is 0 Å². The zero-order chi connectivity index (χ0) is 16.8. The first-order valence-electron chi connectivity index (χ1n) is 8.20. The Hall–Kier alpha value is -2.69. The molecule has 0 spiro atoms. The lowest BCUT2D eigenvalue weighted by Crippen LogP contribution is -2.11. The zero-order valence-electron chi connectivity index (χ0n) is 13.7. The van der Waals surface area contributed by atoms with Gasteiger partial charge in [0.2, 0.25) is 6.79 Å². The summed E-state index contributed by atoms with van der Waals surface area (Å²) in [6.07, 6.45) is 3.38. The highest BCUT2D eigenvalue weighted by Gasteiger charge is 2.14. The van der Waals surface area contributed by atoms with Gasteiger partial charge in [-0.25, -0.2) is 0 Å². The van der Waals surface area contributed by atoms with Gasteiger partial charge in [0.1, 0.15) is 5.75 Å². The first-order valence-corrected chi connectivity index (χ1v) is 8.20. The van der Waals surface area contributed by atoms with Crippen molar-refractivity contribution in [2.75, 3.05) is 18.7 Å². The molecule has 0 bridgehead atoms. The number of carbonyl (C=O) groups is 1. The molecule has 1 aliphatic heterocycles. The molecule has 1 N–H and O–H groups in total. The molecule has 0 aromatic heterocycles. The number of amides is 1. The van der Waals surface area contributed by atoms with E-state index in [9.17, 15) is 4.79 Å². The van der Waals surface area contributed by atoms with Gasteiger partial charge in [0.25, 0.3) is 5.91 Å². The summed E-state index contributed by atoms with van der Waals surface area (Å²) < 4.78 is 16.2. The number of ether oxygens (including phenoxy) is 3. The van der Waals surface area contributed by atoms with Crippen LogP contribution in [0.1, 0.15) is 36.5 Å². The van der Waals surface area contributed by atoms with Crippen molar-refractivity contribution >= 4 is 11.6 Å². The molecule has 1 aliphatic rings. The number of fused-ring (bicyclic) bond motifs is 1. The van der Waals surface area contributed by atoms with Gasteiger partial charge in [-0.15, -0.1) is 0 Å². The summed E-state index contributed by atoms with van der Waals surface area (Å²) in [5.41, 5.74) is 1.25. The Labute approximate surface area is 141 Å². The summed E-state index contributed by atoms with van der Waals surface area (Å²) in [4.78, 5) is 12.3. The molecular formula is C19H21NO4. The predicted octanol–water partition coefficient (Wildman–Crippen LogP) is 4.24. The second-order valence-electron chi connectivity index (χ2n) is 5.60. The fourth-order valence-electron chi connectivity index (χ4n) is 2.42. The van der Waals surface area contributed by atoms with E-state index in [0.29, 0.717) is 29.4 Å². The van der Waals surface area contributed by atoms with Crippen molar-refractivity contribution in [3.63, 3.8) is 0 Å². The van der Waals surface area contributed by atoms with Gasteiger partial charge in [0, 0.05) is 17.3 Å². The van der Waals surface area contributed by atoms with Crippen molar-refractivity contribution in [3.05, 3.63) is 48.0 Å². The Morgan fingerprint density at radius 2 is 1.88 bits per heavy atom. The normalized spacial score (nSPS) is 12.0. The van der Waals surface area contributed by atoms with Crippen LogP contribution in [0.25, 0.3) is 0 Å². The third kappa shape index (κ3) is 3.98. The predicted molar refractivity (Wildman–Crippen MR) is 92.0 cm³/mol. The molecule has 0 saturated carbocycles. The quantitative estimate of drug-likeness (QED) is 0.773. The van der Waals surface area contributed by atoms with Gasteiger partial charge in [-0.1, -0.05) is 19.8 Å². The molecule has 0 radical (unpaired) electrons. The molecule has 1 heterocycles. The maximum absolute atomic E-state index is 12.3. The van der Waals surface area contributed by atoms with E-state index in [0.717, 1.165) is 18.6 Å². The van der Waals surface area contributed by atoms with E-state index in [1.54, 1.807) is 30.3 Å². The highest BCUT2D eigenvalue weighted by atomic mass is 16.7. The number of rotatable bonds is 7. The van der Waals surface area contributed by atoms with Gasteiger partial charge < -0.3 is 19.5 Å². The van der Waals surface area contributed by atoms with Gasteiger partial charge in [0.05, 0.1) is 6.61 Å². The zero-order valence-corrected chi connectivity index (χ0v) is 13.7. The molecule has 0 unspecified atom stereocenters. The first-order chi connectivity index (χ1) is 11.8. The Morgan fingerprint density at radius 1 is 1.08 bits per heavy atom. The molecule has 0 atom stereocenters. The minimum Gasteiger partial charge on any atom is -0.494 e. The molecule has 0 aliphatic carbocycles. The maximum atomic E-state index is 12.3. The van der Waals surface area contributed by atoms with Crippen molar-refractivity contribution < 1.29 is 19.0 Å². The molecule has 2 aromatic carbocycles. The molecule has 24 heavy (non-hydrogen) atoms. The second-order valence-corrected chi connectivity index (χ2v) is 5.60. The van der Waals surface area contributed by atoms with Gasteiger partial charge in [-0.05, 0) is 42.8 Å². The van der Waals surface area contributed by atoms with Crippen molar-refractivity contribution in [3.8, 4) is 17.2 Å². The van der Waals surface area contributed by atoms with Crippen LogP contribution in [0.15, 0.2) is 42.5 Å². The Balaban J connectivity index is 1.57. The summed E-state index contributed by atoms with van der Waals surface area (Å²) in [5.74, 6) is 1.94. The summed E-state index contributed by atoms with van der Waals surface area (Å²) in [6.45, 7) is 3.08. The fourth-order valence-corrected chi connectivity index (χ4v) is 2.42. The highest BCUT2D eigenvalue weighted by Crippen LogP contribution is 2.34. The van der Waals surface area contributed by atoms with E-state index in [1.807, 2.05) is 12.1 Å². The molecular weight excluding hydrogens is 306 g/mol. The van der Waals surface area contributed by atoms with Crippen molar-refractivity contribution in [1.82, 2.24) is 0 Å². The smallest absolute Gasteiger partial charge is 0.255 e. The number of anilines is 1. The van der Waals surface area contributed by atoms with Crippen LogP contribution in [0.2, 0.25) is 0 Å². The Morgan fingerprint density at radius 3 is 2.67 bits per heavy atom. The lowest BCUT2D eigenvalue weighted by molar-refractivity contribution is 0.102. The van der Waals surface area contributed by atoms with Crippen LogP contribution in [0, 0.1) is 0 Å². The monoisotopic (exact) mass is 327 g/mol. The van der Waals surface area contributed by atoms with Crippen LogP contribution < -0.4 is 19.5 Å². The van der Waals surface area contributed by atoms with Crippen LogP contribution in [-0.4, -0.2) is 19.3 Å². The summed E-state index contributed by atoms with van der Waals surface area (Å²) >= 11 is 0. The number of hydrogen-bond acceptors (Lipinski definition) is 4. The average Bonchev–Trinajstić information content (AvgIpc) is 3.07. The van der Waals surface area contributed by atoms with Crippen LogP contribution in [0.3, 0.4) is 0 Å². The molecule has 1 amide bonds. The largest absolute Gasteiger partial charge is 0.494 e. The minimum atomic E-state index is -0.175. The molecule has 0 saturated heterocycles. The minimum absolute atomic E-state index is 0.175. The topological polar surface area (TPSA) is 56.8 Å². The summed E-state index contributed by atoms with van der Waals surface area (Å²) in [7, 11) is 0. The van der Waals surface area contributed by atoms with Gasteiger partial charge >= 0.3 is 0 Å². The van der Waals surface area contributed by atoms with Gasteiger partial charge in [0.15, 0.2) is 11.5 Å². The third-order valence-electron chi connectivity index (χ3n) is 3.76. The number of nitrogens with one attached hydrogen (secondary N) is 1. The van der Waals surface area contributed by atoms with Crippen molar-refractivity contribution in [1.29, 1.82) is 0 Å². The van der Waals surface area contributed by atoms with E-state index >= 15 is 0 Å². The van der Waals surface area contributed by atoms with Crippen molar-refractivity contribution in [2.45, 2.75) is 26.2 Å². The lowest BCUT2D eigenvalue weighted by atomic mass is 10.2. The summed E-state index contributed by atoms with van der Waals surface area (Å²) in [5, 5.41) is 2.85. The number of benzene rings is 2. The molecule has 5 nitrogen and oxygen atoms in total. The van der Waals surface area contributed by atoms with E-state index in [4.69, 9.17) is 14.2 Å². The van der Waals surface area contributed by atoms with Crippen LogP contribution in [0.4, 0.5) is 5.69 Å². The van der Waals surface area contributed by atoms with E-state index in [-0.39, 0.29) is 12.7 Å². The standard InChI is InChI=1S/C19H21NO4/c1-2-3-4-11-22-16-8-5-14(6-9-16)19(21)20-15-7-10-17-18(12-15)24-13-23-17/h5-10,12H,2-4,11,13H2,1H3,(H,20,21). The van der Waals surface area contributed by atoms with Crippen LogP contribution in [-0.2, 0) is 0 Å². The molecule has 5 heteroatoms. The number of unbranched alkanes of at least 4 members (excludes halogenated alkanes) is 2. The maximum Gasteiger partial charge on any atom is 0.255 e. The van der Waals surface area contributed by atoms with Gasteiger partial charge in [-0.2, -0.15) is 0 Å². The second kappa shape index (κ2) is 7.73. The molecule has 2 aromatic rings. The molecule has 0 fully saturated rings. The average molecular weight is 327 g/mol. The number of hydrogen-bond donors (Lipinski definition) is 1. The lowest BCUT2D eigenvalue weighted by Gasteiger charge is -2.08. The van der Waals surface area contributed by atoms with E-state index in [2.05, 4.69) is 12.2 Å². The number of carbonyl (C=O) groups excluding carboxylic acids is 1. The molecule has 126 valence electrons. The Bertz CT molecular complexity index is 697. The fraction of sp³-hybridized carbons (Fsp3) is 0.316. The SMILES string of the molecule is CCCCCOc1ccc(C(=O)Nc2ccc3c(c2)OCO3)cc1.